The third-order valence-corrected chi connectivity index (χ3v) is 5.48. The minimum Gasteiger partial charge on any atom is -0.353 e. The Morgan fingerprint density at radius 2 is 1.77 bits per heavy atom. The van der Waals surface area contributed by atoms with Crippen molar-refractivity contribution in [2.75, 3.05) is 0 Å². The lowest BCUT2D eigenvalue weighted by atomic mass is 9.95. The Kier molecular flexibility index (Phi) is 5.88. The Balaban J connectivity index is 1.62. The van der Waals surface area contributed by atoms with Gasteiger partial charge in [0.25, 0.3) is 5.69 Å². The van der Waals surface area contributed by atoms with Crippen molar-refractivity contribution < 1.29 is 9.72 Å². The minimum atomic E-state index is -0.426. The van der Waals surface area contributed by atoms with E-state index in [1.165, 1.54) is 18.6 Å². The van der Waals surface area contributed by atoms with Gasteiger partial charge in [-0.15, -0.1) is 0 Å². The van der Waals surface area contributed by atoms with Crippen LogP contribution in [0, 0.1) is 10.1 Å². The van der Waals surface area contributed by atoms with Crippen molar-refractivity contribution in [2.45, 2.75) is 44.6 Å². The summed E-state index contributed by atoms with van der Waals surface area (Å²) in [6, 6.07) is 16.2. The van der Waals surface area contributed by atoms with Gasteiger partial charge in [-0.25, -0.2) is 4.68 Å². The zero-order valence-corrected chi connectivity index (χ0v) is 16.7. The second-order valence-corrected chi connectivity index (χ2v) is 7.67. The van der Waals surface area contributed by atoms with Gasteiger partial charge in [-0.1, -0.05) is 37.5 Å². The summed E-state index contributed by atoms with van der Waals surface area (Å²) in [6.45, 7) is 0. The van der Waals surface area contributed by atoms with E-state index in [1.807, 2.05) is 36.5 Å². The van der Waals surface area contributed by atoms with Crippen LogP contribution in [0.4, 0.5) is 5.69 Å². The second kappa shape index (κ2) is 8.90. The van der Waals surface area contributed by atoms with E-state index in [-0.39, 0.29) is 24.1 Å². The highest BCUT2D eigenvalue weighted by Crippen LogP contribution is 2.26. The van der Waals surface area contributed by atoms with Gasteiger partial charge in [-0.3, -0.25) is 14.9 Å². The van der Waals surface area contributed by atoms with Crippen LogP contribution in [0.3, 0.4) is 0 Å². The molecule has 4 rings (SSSR count). The number of nitrogens with one attached hydrogen (secondary N) is 1. The van der Waals surface area contributed by atoms with Crippen LogP contribution < -0.4 is 5.32 Å². The highest BCUT2D eigenvalue weighted by atomic mass is 16.6. The van der Waals surface area contributed by atoms with Crippen LogP contribution >= 0.6 is 0 Å². The molecule has 0 aliphatic heterocycles. The second-order valence-electron chi connectivity index (χ2n) is 7.67. The molecule has 1 aliphatic carbocycles. The van der Waals surface area contributed by atoms with Crippen molar-refractivity contribution >= 4 is 11.6 Å². The molecule has 7 heteroatoms. The number of hydrogen-bond acceptors (Lipinski definition) is 4. The summed E-state index contributed by atoms with van der Waals surface area (Å²) in [7, 11) is 0. The summed E-state index contributed by atoms with van der Waals surface area (Å²) >= 11 is 0. The van der Waals surface area contributed by atoms with Crippen LogP contribution in [0.5, 0.6) is 0 Å². The molecule has 1 aliphatic rings. The van der Waals surface area contributed by atoms with Crippen molar-refractivity contribution in [1.29, 1.82) is 0 Å². The molecule has 1 amide bonds. The van der Waals surface area contributed by atoms with Crippen LogP contribution in [0.2, 0.25) is 0 Å². The van der Waals surface area contributed by atoms with E-state index >= 15 is 0 Å². The smallest absolute Gasteiger partial charge is 0.269 e. The number of nitro benzene ring substituents is 1. The van der Waals surface area contributed by atoms with Crippen molar-refractivity contribution in [2.24, 2.45) is 0 Å². The van der Waals surface area contributed by atoms with Gasteiger partial charge < -0.3 is 5.32 Å². The van der Waals surface area contributed by atoms with Gasteiger partial charge in [0.15, 0.2) is 0 Å². The maximum atomic E-state index is 12.7. The van der Waals surface area contributed by atoms with Crippen LogP contribution in [0.25, 0.3) is 16.9 Å². The van der Waals surface area contributed by atoms with E-state index in [9.17, 15) is 14.9 Å². The van der Waals surface area contributed by atoms with Crippen molar-refractivity contribution in [3.63, 3.8) is 0 Å². The van der Waals surface area contributed by atoms with Gasteiger partial charge in [-0.2, -0.15) is 5.10 Å². The Morgan fingerprint density at radius 3 is 2.43 bits per heavy atom. The number of hydrogen-bond donors (Lipinski definition) is 1. The Morgan fingerprint density at radius 1 is 1.07 bits per heavy atom. The zero-order valence-electron chi connectivity index (χ0n) is 16.7. The number of amides is 1. The standard InChI is InChI=1S/C23H24N4O3/c28-22(24-19-7-3-1-4-8-19)15-18-16-26(20-9-5-2-6-10-20)25-23(18)17-11-13-21(14-12-17)27(29)30/h2,5-6,9-14,16,19H,1,3-4,7-8,15H2,(H,24,28). The zero-order chi connectivity index (χ0) is 20.9. The number of para-hydroxylation sites is 1. The van der Waals surface area contributed by atoms with E-state index in [2.05, 4.69) is 5.32 Å². The molecule has 1 fully saturated rings. The molecule has 0 bridgehead atoms. The molecule has 0 radical (unpaired) electrons. The monoisotopic (exact) mass is 404 g/mol. The number of nitrogens with zero attached hydrogens (tertiary/aromatic N) is 3. The molecule has 1 saturated carbocycles. The Bertz CT molecular complexity index is 1020. The highest BCUT2D eigenvalue weighted by molar-refractivity contribution is 5.81. The molecule has 0 unspecified atom stereocenters. The van der Waals surface area contributed by atoms with E-state index in [4.69, 9.17) is 5.10 Å². The molecule has 154 valence electrons. The fourth-order valence-electron chi connectivity index (χ4n) is 3.93. The maximum Gasteiger partial charge on any atom is 0.269 e. The summed E-state index contributed by atoms with van der Waals surface area (Å²) in [5.74, 6) is -0.0160. The molecule has 3 aromatic rings. The molecule has 0 saturated heterocycles. The van der Waals surface area contributed by atoms with Crippen molar-refractivity contribution in [3.8, 4) is 16.9 Å². The summed E-state index contributed by atoms with van der Waals surface area (Å²) in [5.41, 5.74) is 3.11. The molecule has 1 N–H and O–H groups in total. The normalized spacial score (nSPS) is 14.4. The van der Waals surface area contributed by atoms with Crippen LogP contribution in [0.1, 0.15) is 37.7 Å². The number of nitro groups is 1. The average Bonchev–Trinajstić information content (AvgIpc) is 3.18. The first kappa shape index (κ1) is 19.8. The fraction of sp³-hybridized carbons (Fsp3) is 0.304. The van der Waals surface area contributed by atoms with Crippen LogP contribution in [-0.4, -0.2) is 26.7 Å². The van der Waals surface area contributed by atoms with E-state index in [1.54, 1.807) is 16.8 Å². The SMILES string of the molecule is O=C(Cc1cn(-c2ccccc2)nc1-c1ccc([N+](=O)[O-])cc1)NC1CCCCC1. The number of non-ortho nitro benzene ring substituents is 1. The largest absolute Gasteiger partial charge is 0.353 e. The lowest BCUT2D eigenvalue weighted by molar-refractivity contribution is -0.384. The molecule has 7 nitrogen and oxygen atoms in total. The van der Waals surface area contributed by atoms with Crippen molar-refractivity contribution in [1.82, 2.24) is 15.1 Å². The maximum absolute atomic E-state index is 12.7. The third kappa shape index (κ3) is 4.56. The summed E-state index contributed by atoms with van der Waals surface area (Å²) in [6.07, 6.45) is 7.70. The molecule has 1 heterocycles. The fourth-order valence-corrected chi connectivity index (χ4v) is 3.93. The first-order valence-electron chi connectivity index (χ1n) is 10.3. The average molecular weight is 404 g/mol. The first-order chi connectivity index (χ1) is 14.6. The lowest BCUT2D eigenvalue weighted by Crippen LogP contribution is -2.37. The summed E-state index contributed by atoms with van der Waals surface area (Å²) in [5, 5.41) is 18.8. The molecule has 2 aromatic carbocycles. The quantitative estimate of drug-likeness (QED) is 0.486. The van der Waals surface area contributed by atoms with Crippen LogP contribution in [0.15, 0.2) is 60.8 Å². The van der Waals surface area contributed by atoms with E-state index < -0.39 is 4.92 Å². The Hall–Kier alpha value is -3.48. The molecular formula is C23H24N4O3. The molecule has 1 aromatic heterocycles. The van der Waals surface area contributed by atoms with E-state index in [0.717, 1.165) is 42.5 Å². The van der Waals surface area contributed by atoms with Crippen molar-refractivity contribution in [3.05, 3.63) is 76.5 Å². The number of benzene rings is 2. The Labute approximate surface area is 174 Å². The number of aromatic nitrogens is 2. The first-order valence-corrected chi connectivity index (χ1v) is 10.3. The molecule has 0 spiro atoms. The van der Waals surface area contributed by atoms with Gasteiger partial charge in [-0.05, 0) is 37.1 Å². The van der Waals surface area contributed by atoms with Gasteiger partial charge in [0.2, 0.25) is 5.91 Å². The number of rotatable bonds is 6. The van der Waals surface area contributed by atoms with E-state index in [0.29, 0.717) is 5.69 Å². The predicted molar refractivity (Wildman–Crippen MR) is 114 cm³/mol. The molecule has 0 atom stereocenters. The highest BCUT2D eigenvalue weighted by Gasteiger charge is 2.19. The predicted octanol–water partition coefficient (Wildman–Crippen LogP) is 4.44. The minimum absolute atomic E-state index is 0.0160. The summed E-state index contributed by atoms with van der Waals surface area (Å²) < 4.78 is 1.75. The topological polar surface area (TPSA) is 90.1 Å². The van der Waals surface area contributed by atoms with Gasteiger partial charge >= 0.3 is 0 Å². The van der Waals surface area contributed by atoms with Crippen LogP contribution in [-0.2, 0) is 11.2 Å². The van der Waals surface area contributed by atoms with Gasteiger partial charge in [0, 0.05) is 35.5 Å². The number of carbonyl (C=O) groups excluding carboxylic acids is 1. The summed E-state index contributed by atoms with van der Waals surface area (Å²) in [4.78, 5) is 23.3. The van der Waals surface area contributed by atoms with Gasteiger partial charge in [0.1, 0.15) is 0 Å². The van der Waals surface area contributed by atoms with Gasteiger partial charge in [0.05, 0.1) is 22.7 Å². The number of carbonyl (C=O) groups is 1. The molecule has 30 heavy (non-hydrogen) atoms. The third-order valence-electron chi connectivity index (χ3n) is 5.48. The lowest BCUT2D eigenvalue weighted by Gasteiger charge is -2.22. The molecular weight excluding hydrogens is 380 g/mol.